The maximum Gasteiger partial charge on any atom is 0.322 e. The number of amides is 2. The number of aliphatic hydroxyl groups is 1. The monoisotopic (exact) mass is 627 g/mol. The number of carbonyl (C=O) groups is 5. The molecule has 0 aromatic rings. The Hall–Kier alpha value is -3.16. The van der Waals surface area contributed by atoms with Gasteiger partial charge in [0.25, 0.3) is 0 Å². The second-order valence-corrected chi connectivity index (χ2v) is 11.3. The fourth-order valence-electron chi connectivity index (χ4n) is 3.79. The largest absolute Gasteiger partial charge is 0.481 e. The Kier molecular flexibility index (Phi) is 23.5. The van der Waals surface area contributed by atoms with Gasteiger partial charge in [-0.25, -0.2) is 0 Å². The average molecular weight is 628 g/mol. The molecule has 0 rings (SSSR count). The van der Waals surface area contributed by atoms with Gasteiger partial charge >= 0.3 is 17.9 Å². The lowest BCUT2D eigenvalue weighted by molar-refractivity contribution is -0.139. The summed E-state index contributed by atoms with van der Waals surface area (Å²) in [5.74, 6) is -4.98. The molecule has 0 aliphatic heterocycles. The van der Waals surface area contributed by atoms with Crippen LogP contribution in [0.1, 0.15) is 84.0 Å². The Bertz CT molecular complexity index is 940. The molecule has 8 N–H and O–H groups in total. The Morgan fingerprint density at radius 2 is 1.51 bits per heavy atom. The number of nitrogens with one attached hydrogen (secondary N) is 2. The Labute approximate surface area is 258 Å². The van der Waals surface area contributed by atoms with E-state index in [-0.39, 0.29) is 37.9 Å². The minimum Gasteiger partial charge on any atom is -0.481 e. The van der Waals surface area contributed by atoms with E-state index in [0.717, 1.165) is 24.6 Å². The van der Waals surface area contributed by atoms with Crippen LogP contribution in [-0.2, 0) is 24.0 Å². The van der Waals surface area contributed by atoms with E-state index in [1.54, 1.807) is 18.2 Å². The van der Waals surface area contributed by atoms with E-state index in [4.69, 9.17) is 21.1 Å². The third-order valence-electron chi connectivity index (χ3n) is 6.28. The van der Waals surface area contributed by atoms with Crippen LogP contribution in [-0.4, -0.2) is 85.9 Å². The molecule has 0 radical (unpaired) electrons. The minimum atomic E-state index is -1.28. The molecule has 0 aromatic heterocycles. The number of hydrogen-bond acceptors (Lipinski definition) is 8. The molecular weight excluding hydrogens is 578 g/mol. The number of rotatable bonds is 26. The molecule has 0 saturated carbocycles. The summed E-state index contributed by atoms with van der Waals surface area (Å²) in [5, 5.41) is 41.6. The smallest absolute Gasteiger partial charge is 0.322 e. The molecule has 0 unspecified atom stereocenters. The lowest BCUT2D eigenvalue weighted by Gasteiger charge is -2.23. The Morgan fingerprint density at radius 1 is 0.837 bits per heavy atom. The van der Waals surface area contributed by atoms with Crippen molar-refractivity contribution in [3.63, 3.8) is 0 Å². The van der Waals surface area contributed by atoms with Crippen molar-refractivity contribution in [1.29, 1.82) is 0 Å². The molecule has 13 heteroatoms. The first-order valence-corrected chi connectivity index (χ1v) is 15.8. The van der Waals surface area contributed by atoms with Gasteiger partial charge in [-0.05, 0) is 32.1 Å². The number of aliphatic hydroxyl groups excluding tert-OH is 1. The maximum atomic E-state index is 12.6. The SMILES string of the molecule is CCCCCCCC/C=C/C=C/C=C/[C@H](SC[C@H](NC(=O)CC[C@@H](N)C(=O)O)C(=O)NCC(=O)O)[C@H](O)CCCC(=O)O. The lowest BCUT2D eigenvalue weighted by atomic mass is 10.1. The predicted octanol–water partition coefficient (Wildman–Crippen LogP) is 3.00. The number of thioether (sulfide) groups is 1. The summed E-state index contributed by atoms with van der Waals surface area (Å²) in [6.07, 6.45) is 18.4. The van der Waals surface area contributed by atoms with E-state index >= 15 is 0 Å². The summed E-state index contributed by atoms with van der Waals surface area (Å²) in [5.41, 5.74) is 5.44. The standard InChI is InChI=1S/C30H49N3O9S/c1-2-3-4-5-6-7-8-9-10-11-12-13-16-25(24(34)15-14-17-27(36)37)43-21-23(29(40)32-20-28(38)39)33-26(35)19-18-22(31)30(41)42/h9-13,16,22-25,34H,2-8,14-15,17-21,31H2,1H3,(H,32,40)(H,33,35)(H,36,37)(H,38,39)(H,41,42)/b10-9+,12-11+,16-13+/t22-,23+,24-,25+/m1/s1. The van der Waals surface area contributed by atoms with Crippen molar-refractivity contribution in [1.82, 2.24) is 10.6 Å². The zero-order valence-electron chi connectivity index (χ0n) is 25.0. The highest BCUT2D eigenvalue weighted by Crippen LogP contribution is 2.22. The number of carboxylic acids is 3. The Morgan fingerprint density at radius 3 is 2.16 bits per heavy atom. The van der Waals surface area contributed by atoms with Crippen molar-refractivity contribution in [3.05, 3.63) is 36.5 Å². The van der Waals surface area contributed by atoms with E-state index in [1.165, 1.54) is 32.1 Å². The van der Waals surface area contributed by atoms with Crippen LogP contribution in [0.5, 0.6) is 0 Å². The Balaban J connectivity index is 5.31. The van der Waals surface area contributed by atoms with E-state index < -0.39 is 59.7 Å². The van der Waals surface area contributed by atoms with E-state index in [2.05, 4.69) is 23.6 Å². The van der Waals surface area contributed by atoms with Crippen molar-refractivity contribution in [3.8, 4) is 0 Å². The zero-order valence-corrected chi connectivity index (χ0v) is 25.8. The van der Waals surface area contributed by atoms with Crippen LogP contribution in [0, 0.1) is 0 Å². The molecule has 12 nitrogen and oxygen atoms in total. The van der Waals surface area contributed by atoms with Gasteiger partial charge in [0.1, 0.15) is 18.6 Å². The van der Waals surface area contributed by atoms with E-state index in [0.29, 0.717) is 0 Å². The number of carbonyl (C=O) groups excluding carboxylic acids is 2. The van der Waals surface area contributed by atoms with Gasteiger partial charge in [-0.3, -0.25) is 24.0 Å². The molecule has 43 heavy (non-hydrogen) atoms. The minimum absolute atomic E-state index is 0.0466. The summed E-state index contributed by atoms with van der Waals surface area (Å²) in [6, 6.07) is -2.44. The first-order chi connectivity index (χ1) is 20.5. The molecule has 2 amide bonds. The molecule has 0 bridgehead atoms. The van der Waals surface area contributed by atoms with Gasteiger partial charge in [-0.2, -0.15) is 0 Å². The second-order valence-electron chi connectivity index (χ2n) is 10.1. The topological polar surface area (TPSA) is 216 Å². The van der Waals surface area contributed by atoms with Crippen molar-refractivity contribution >= 4 is 41.5 Å². The second kappa shape index (κ2) is 25.3. The summed E-state index contributed by atoms with van der Waals surface area (Å²) in [7, 11) is 0. The molecule has 0 spiro atoms. The number of nitrogens with two attached hydrogens (primary N) is 1. The predicted molar refractivity (Wildman–Crippen MR) is 167 cm³/mol. The van der Waals surface area contributed by atoms with Crippen LogP contribution in [0.4, 0.5) is 0 Å². The van der Waals surface area contributed by atoms with Crippen LogP contribution in [0.3, 0.4) is 0 Å². The number of unbranched alkanes of at least 4 members (excludes halogenated alkanes) is 6. The highest BCUT2D eigenvalue weighted by molar-refractivity contribution is 8.00. The van der Waals surface area contributed by atoms with Crippen LogP contribution in [0.15, 0.2) is 36.5 Å². The summed E-state index contributed by atoms with van der Waals surface area (Å²) >= 11 is 1.14. The van der Waals surface area contributed by atoms with Gasteiger partial charge < -0.3 is 36.8 Å². The van der Waals surface area contributed by atoms with Crippen molar-refractivity contribution < 1.29 is 44.4 Å². The van der Waals surface area contributed by atoms with Crippen LogP contribution in [0.2, 0.25) is 0 Å². The number of allylic oxidation sites excluding steroid dienone is 5. The van der Waals surface area contributed by atoms with Gasteiger partial charge in [-0.1, -0.05) is 75.5 Å². The van der Waals surface area contributed by atoms with Crippen molar-refractivity contribution in [2.24, 2.45) is 5.73 Å². The van der Waals surface area contributed by atoms with Gasteiger partial charge in [0, 0.05) is 23.8 Å². The van der Waals surface area contributed by atoms with Gasteiger partial charge in [-0.15, -0.1) is 11.8 Å². The maximum absolute atomic E-state index is 12.6. The van der Waals surface area contributed by atoms with Crippen molar-refractivity contribution in [2.75, 3.05) is 12.3 Å². The highest BCUT2D eigenvalue weighted by atomic mass is 32.2. The van der Waals surface area contributed by atoms with Gasteiger partial charge in [0.15, 0.2) is 0 Å². The fourth-order valence-corrected chi connectivity index (χ4v) is 5.00. The molecule has 0 fully saturated rings. The van der Waals surface area contributed by atoms with Crippen LogP contribution in [0.25, 0.3) is 0 Å². The normalized spacial score (nSPS) is 14.5. The molecule has 4 atom stereocenters. The summed E-state index contributed by atoms with van der Waals surface area (Å²) in [6.45, 7) is 1.52. The molecular formula is C30H49N3O9S. The highest BCUT2D eigenvalue weighted by Gasteiger charge is 2.25. The lowest BCUT2D eigenvalue weighted by Crippen LogP contribution is -2.50. The molecule has 244 valence electrons. The number of carboxylic acid groups (broad SMARTS) is 3. The molecule has 0 aromatic carbocycles. The first kappa shape index (κ1) is 39.8. The van der Waals surface area contributed by atoms with E-state index in [1.807, 2.05) is 12.2 Å². The number of hydrogen-bond donors (Lipinski definition) is 7. The van der Waals surface area contributed by atoms with Gasteiger partial charge in [0.2, 0.25) is 11.8 Å². The first-order valence-electron chi connectivity index (χ1n) is 14.8. The van der Waals surface area contributed by atoms with Crippen molar-refractivity contribution in [2.45, 2.75) is 107 Å². The molecule has 0 heterocycles. The number of aliphatic carboxylic acids is 3. The third kappa shape index (κ3) is 23.0. The van der Waals surface area contributed by atoms with E-state index in [9.17, 15) is 29.1 Å². The summed E-state index contributed by atoms with van der Waals surface area (Å²) < 4.78 is 0. The fraction of sp³-hybridized carbons (Fsp3) is 0.633. The third-order valence-corrected chi connectivity index (χ3v) is 7.67. The average Bonchev–Trinajstić information content (AvgIpc) is 2.95. The zero-order chi connectivity index (χ0) is 32.5. The van der Waals surface area contributed by atoms with Crippen LogP contribution < -0.4 is 16.4 Å². The van der Waals surface area contributed by atoms with Gasteiger partial charge in [0.05, 0.1) is 6.10 Å². The quantitative estimate of drug-likeness (QED) is 0.0546. The molecule has 0 saturated heterocycles. The molecule has 0 aliphatic carbocycles. The summed E-state index contributed by atoms with van der Waals surface area (Å²) in [4.78, 5) is 57.8. The molecule has 0 aliphatic rings. The van der Waals surface area contributed by atoms with Crippen LogP contribution >= 0.6 is 11.8 Å².